The molecular formula is C14H22N4O2. The highest BCUT2D eigenvalue weighted by molar-refractivity contribution is 5.95. The van der Waals surface area contributed by atoms with Gasteiger partial charge < -0.3 is 21.7 Å². The number of nitrogens with two attached hydrogens (primary N) is 1. The van der Waals surface area contributed by atoms with Crippen LogP contribution in [0.3, 0.4) is 0 Å². The number of benzene rings is 1. The molecule has 0 spiro atoms. The van der Waals surface area contributed by atoms with Crippen molar-refractivity contribution in [1.82, 2.24) is 5.32 Å². The highest BCUT2D eigenvalue weighted by Gasteiger charge is 2.14. The summed E-state index contributed by atoms with van der Waals surface area (Å²) < 4.78 is 0. The lowest BCUT2D eigenvalue weighted by atomic mass is 10.0. The number of hydrogen-bond donors (Lipinski definition) is 4. The maximum atomic E-state index is 11.8. The summed E-state index contributed by atoms with van der Waals surface area (Å²) in [6.45, 7) is 4.04. The predicted molar refractivity (Wildman–Crippen MR) is 80.6 cm³/mol. The third-order valence-corrected chi connectivity index (χ3v) is 2.70. The van der Waals surface area contributed by atoms with Gasteiger partial charge in [0.2, 0.25) is 5.91 Å². The summed E-state index contributed by atoms with van der Waals surface area (Å²) in [5.41, 5.74) is 7.10. The second-order valence-corrected chi connectivity index (χ2v) is 5.01. The highest BCUT2D eigenvalue weighted by atomic mass is 16.2. The van der Waals surface area contributed by atoms with Gasteiger partial charge in [-0.3, -0.25) is 4.79 Å². The molecule has 0 fully saturated rings. The van der Waals surface area contributed by atoms with E-state index in [1.54, 1.807) is 31.3 Å². The molecule has 0 aliphatic carbocycles. The standard InChI is InChI=1S/C14H22N4O2/c1-9(2)8-12(15)13(19)17-10-4-6-11(7-5-10)18-14(20)16-3/h4-7,9,12H,8,15H2,1-3H3,(H,17,19)(H2,16,18,20). The summed E-state index contributed by atoms with van der Waals surface area (Å²) in [5, 5.41) is 7.84. The molecule has 1 rings (SSSR count). The Kier molecular flexibility index (Phi) is 5.99. The molecule has 0 bridgehead atoms. The fourth-order valence-corrected chi connectivity index (χ4v) is 1.68. The molecule has 0 aliphatic heterocycles. The Morgan fingerprint density at radius 1 is 1.10 bits per heavy atom. The van der Waals surface area contributed by atoms with Crippen molar-refractivity contribution in [3.63, 3.8) is 0 Å². The predicted octanol–water partition coefficient (Wildman–Crippen LogP) is 1.75. The number of carbonyl (C=O) groups excluding carboxylic acids is 2. The van der Waals surface area contributed by atoms with E-state index in [4.69, 9.17) is 5.73 Å². The second-order valence-electron chi connectivity index (χ2n) is 5.01. The van der Waals surface area contributed by atoms with Gasteiger partial charge in [-0.1, -0.05) is 13.8 Å². The molecule has 1 atom stereocenters. The van der Waals surface area contributed by atoms with Crippen LogP contribution in [0.15, 0.2) is 24.3 Å². The van der Waals surface area contributed by atoms with Gasteiger partial charge in [-0.2, -0.15) is 0 Å². The van der Waals surface area contributed by atoms with Gasteiger partial charge in [0.1, 0.15) is 0 Å². The van der Waals surface area contributed by atoms with E-state index in [1.165, 1.54) is 0 Å². The summed E-state index contributed by atoms with van der Waals surface area (Å²) in [7, 11) is 1.54. The Balaban J connectivity index is 2.56. The lowest BCUT2D eigenvalue weighted by Gasteiger charge is -2.14. The number of hydrogen-bond acceptors (Lipinski definition) is 3. The number of rotatable bonds is 5. The Bertz CT molecular complexity index is 457. The Morgan fingerprint density at radius 3 is 2.05 bits per heavy atom. The molecule has 0 saturated carbocycles. The molecule has 1 aromatic rings. The smallest absolute Gasteiger partial charge is 0.318 e. The molecule has 0 saturated heterocycles. The van der Waals surface area contributed by atoms with Gasteiger partial charge in [-0.25, -0.2) is 4.79 Å². The van der Waals surface area contributed by atoms with Crippen LogP contribution in [-0.2, 0) is 4.79 Å². The SMILES string of the molecule is CNC(=O)Nc1ccc(NC(=O)C(N)CC(C)C)cc1. The first kappa shape index (κ1) is 16.0. The number of anilines is 2. The van der Waals surface area contributed by atoms with Gasteiger partial charge in [0.05, 0.1) is 6.04 Å². The van der Waals surface area contributed by atoms with Crippen molar-refractivity contribution < 1.29 is 9.59 Å². The van der Waals surface area contributed by atoms with Crippen molar-refractivity contribution >= 4 is 23.3 Å². The molecule has 0 heterocycles. The van der Waals surface area contributed by atoms with E-state index >= 15 is 0 Å². The summed E-state index contributed by atoms with van der Waals surface area (Å²) >= 11 is 0. The Labute approximate surface area is 119 Å². The molecule has 1 aromatic carbocycles. The van der Waals surface area contributed by atoms with Gasteiger partial charge >= 0.3 is 6.03 Å². The van der Waals surface area contributed by atoms with E-state index in [0.717, 1.165) is 0 Å². The average molecular weight is 278 g/mol. The summed E-state index contributed by atoms with van der Waals surface area (Å²) in [6.07, 6.45) is 0.641. The van der Waals surface area contributed by atoms with Crippen LogP contribution in [0.5, 0.6) is 0 Å². The molecule has 110 valence electrons. The molecule has 6 nitrogen and oxygen atoms in total. The fraction of sp³-hybridized carbons (Fsp3) is 0.429. The van der Waals surface area contributed by atoms with Crippen molar-refractivity contribution in [1.29, 1.82) is 0 Å². The highest BCUT2D eigenvalue weighted by Crippen LogP contribution is 2.14. The topological polar surface area (TPSA) is 96.2 Å². The van der Waals surface area contributed by atoms with Crippen LogP contribution in [0.4, 0.5) is 16.2 Å². The maximum absolute atomic E-state index is 11.8. The van der Waals surface area contributed by atoms with Gasteiger partial charge in [-0.15, -0.1) is 0 Å². The second kappa shape index (κ2) is 7.49. The molecule has 3 amide bonds. The summed E-state index contributed by atoms with van der Waals surface area (Å²) in [4.78, 5) is 23.0. The maximum Gasteiger partial charge on any atom is 0.318 e. The minimum atomic E-state index is -0.515. The van der Waals surface area contributed by atoms with Crippen molar-refractivity contribution in [3.05, 3.63) is 24.3 Å². The van der Waals surface area contributed by atoms with E-state index in [1.807, 2.05) is 13.8 Å². The van der Waals surface area contributed by atoms with Crippen molar-refractivity contribution in [2.45, 2.75) is 26.3 Å². The molecule has 6 heteroatoms. The lowest BCUT2D eigenvalue weighted by molar-refractivity contribution is -0.117. The van der Waals surface area contributed by atoms with Crippen LogP contribution >= 0.6 is 0 Å². The molecular weight excluding hydrogens is 256 g/mol. The zero-order chi connectivity index (χ0) is 15.1. The quantitative estimate of drug-likeness (QED) is 0.660. The van der Waals surface area contributed by atoms with Gasteiger partial charge in [0.25, 0.3) is 0 Å². The van der Waals surface area contributed by atoms with Crippen molar-refractivity contribution in [3.8, 4) is 0 Å². The van der Waals surface area contributed by atoms with Crippen LogP contribution in [0.25, 0.3) is 0 Å². The molecule has 1 unspecified atom stereocenters. The number of nitrogens with one attached hydrogen (secondary N) is 3. The first-order valence-corrected chi connectivity index (χ1v) is 6.57. The number of urea groups is 1. The fourth-order valence-electron chi connectivity index (χ4n) is 1.68. The monoisotopic (exact) mass is 278 g/mol. The van der Waals surface area contributed by atoms with Crippen LogP contribution in [0.2, 0.25) is 0 Å². The van der Waals surface area contributed by atoms with Crippen LogP contribution in [0, 0.1) is 5.92 Å². The normalized spacial score (nSPS) is 11.8. The summed E-state index contributed by atoms with van der Waals surface area (Å²) in [5.74, 6) is 0.167. The van der Waals surface area contributed by atoms with E-state index in [-0.39, 0.29) is 11.9 Å². The molecule has 5 N–H and O–H groups in total. The van der Waals surface area contributed by atoms with Crippen LogP contribution in [-0.4, -0.2) is 25.0 Å². The van der Waals surface area contributed by atoms with Crippen LogP contribution in [0.1, 0.15) is 20.3 Å². The molecule has 0 aromatic heterocycles. The Hall–Kier alpha value is -2.08. The van der Waals surface area contributed by atoms with Gasteiger partial charge in [-0.05, 0) is 36.6 Å². The first-order chi connectivity index (χ1) is 9.42. The van der Waals surface area contributed by atoms with E-state index in [0.29, 0.717) is 23.7 Å². The average Bonchev–Trinajstić information content (AvgIpc) is 2.40. The van der Waals surface area contributed by atoms with Gasteiger partial charge in [0, 0.05) is 18.4 Å². The number of amides is 3. The third kappa shape index (κ3) is 5.27. The van der Waals surface area contributed by atoms with Crippen molar-refractivity contribution in [2.24, 2.45) is 11.7 Å². The zero-order valence-electron chi connectivity index (χ0n) is 12.1. The molecule has 0 radical (unpaired) electrons. The van der Waals surface area contributed by atoms with E-state index < -0.39 is 6.04 Å². The molecule has 0 aliphatic rings. The zero-order valence-corrected chi connectivity index (χ0v) is 12.1. The third-order valence-electron chi connectivity index (χ3n) is 2.70. The summed E-state index contributed by atoms with van der Waals surface area (Å²) in [6, 6.07) is 6.04. The van der Waals surface area contributed by atoms with E-state index in [2.05, 4.69) is 16.0 Å². The Morgan fingerprint density at radius 2 is 1.60 bits per heavy atom. The minimum absolute atomic E-state index is 0.203. The van der Waals surface area contributed by atoms with Crippen LogP contribution < -0.4 is 21.7 Å². The van der Waals surface area contributed by atoms with Crippen molar-refractivity contribution in [2.75, 3.05) is 17.7 Å². The van der Waals surface area contributed by atoms with E-state index in [9.17, 15) is 9.59 Å². The number of carbonyl (C=O) groups is 2. The van der Waals surface area contributed by atoms with Gasteiger partial charge in [0.15, 0.2) is 0 Å². The largest absolute Gasteiger partial charge is 0.341 e. The lowest BCUT2D eigenvalue weighted by Crippen LogP contribution is -2.36. The minimum Gasteiger partial charge on any atom is -0.341 e. The first-order valence-electron chi connectivity index (χ1n) is 6.57. The molecule has 20 heavy (non-hydrogen) atoms.